The average Bonchev–Trinajstić information content (AvgIpc) is 2.99. The van der Waals surface area contributed by atoms with Crippen molar-refractivity contribution >= 4 is 10.0 Å². The molecule has 0 bridgehead atoms. The monoisotopic (exact) mass is 302 g/mol. The van der Waals surface area contributed by atoms with E-state index in [-0.39, 0.29) is 16.5 Å². The van der Waals surface area contributed by atoms with Crippen molar-refractivity contribution in [3.8, 4) is 11.4 Å². The van der Waals surface area contributed by atoms with Gasteiger partial charge < -0.3 is 0 Å². The Morgan fingerprint density at radius 2 is 1.62 bits per heavy atom. The Morgan fingerprint density at radius 3 is 2.29 bits per heavy atom. The van der Waals surface area contributed by atoms with Crippen molar-refractivity contribution in [1.29, 1.82) is 0 Å². The fourth-order valence-electron chi connectivity index (χ4n) is 1.99. The van der Waals surface area contributed by atoms with Crippen LogP contribution in [0.1, 0.15) is 0 Å². The van der Waals surface area contributed by atoms with Gasteiger partial charge in [-0.1, -0.05) is 18.2 Å². The first-order valence-corrected chi connectivity index (χ1v) is 7.63. The van der Waals surface area contributed by atoms with Crippen LogP contribution in [-0.4, -0.2) is 17.4 Å². The first kappa shape index (κ1) is 13.5. The maximum absolute atomic E-state index is 13.0. The van der Waals surface area contributed by atoms with E-state index in [9.17, 15) is 12.8 Å². The summed E-state index contributed by atoms with van der Waals surface area (Å²) in [5.74, 6) is -0.137. The summed E-state index contributed by atoms with van der Waals surface area (Å²) in [6.07, 6.45) is 2.78. The van der Waals surface area contributed by atoms with E-state index in [1.54, 1.807) is 18.2 Å². The molecule has 0 aliphatic heterocycles. The third kappa shape index (κ3) is 2.45. The van der Waals surface area contributed by atoms with E-state index >= 15 is 0 Å². The smallest absolute Gasteiger partial charge is 0.236 e. The fraction of sp³-hybridized carbons (Fsp3) is 0. The molecule has 0 saturated carbocycles. The second kappa shape index (κ2) is 5.14. The van der Waals surface area contributed by atoms with Crippen molar-refractivity contribution in [2.75, 3.05) is 0 Å². The zero-order valence-electron chi connectivity index (χ0n) is 10.8. The highest BCUT2D eigenvalue weighted by atomic mass is 32.2. The number of aromatic nitrogens is 2. The van der Waals surface area contributed by atoms with Gasteiger partial charge in [0.05, 0.1) is 4.90 Å². The molecule has 0 amide bonds. The molecule has 2 aromatic carbocycles. The molecule has 0 spiro atoms. The van der Waals surface area contributed by atoms with Crippen LogP contribution < -0.4 is 0 Å². The van der Waals surface area contributed by atoms with E-state index in [0.29, 0.717) is 5.56 Å². The molecule has 3 aromatic rings. The van der Waals surface area contributed by atoms with Crippen LogP contribution in [0, 0.1) is 5.82 Å². The van der Waals surface area contributed by atoms with Gasteiger partial charge >= 0.3 is 0 Å². The van der Waals surface area contributed by atoms with E-state index in [2.05, 4.69) is 4.98 Å². The fourth-order valence-corrected chi connectivity index (χ4v) is 3.32. The van der Waals surface area contributed by atoms with E-state index in [1.165, 1.54) is 48.8 Å². The third-order valence-corrected chi connectivity index (χ3v) is 4.69. The minimum Gasteiger partial charge on any atom is -0.236 e. The Hall–Kier alpha value is -2.47. The molecule has 0 aliphatic rings. The number of imidazole rings is 1. The van der Waals surface area contributed by atoms with Gasteiger partial charge in [0.15, 0.2) is 5.82 Å². The number of halogens is 1. The first-order valence-electron chi connectivity index (χ1n) is 6.19. The van der Waals surface area contributed by atoms with Crippen LogP contribution in [0.25, 0.3) is 11.4 Å². The molecule has 0 radical (unpaired) electrons. The predicted molar refractivity (Wildman–Crippen MR) is 76.6 cm³/mol. The highest BCUT2D eigenvalue weighted by molar-refractivity contribution is 7.90. The molecule has 0 aliphatic carbocycles. The molecule has 4 nitrogen and oxygen atoms in total. The normalized spacial score (nSPS) is 11.5. The SMILES string of the molecule is O=S(=O)(c1ccccc1)n1ccnc1-c1ccc(F)cc1. The topological polar surface area (TPSA) is 52.0 Å². The third-order valence-electron chi connectivity index (χ3n) is 3.01. The largest absolute Gasteiger partial charge is 0.269 e. The van der Waals surface area contributed by atoms with E-state index < -0.39 is 10.0 Å². The van der Waals surface area contributed by atoms with Crippen molar-refractivity contribution in [3.05, 3.63) is 72.8 Å². The van der Waals surface area contributed by atoms with Crippen molar-refractivity contribution in [2.45, 2.75) is 4.90 Å². The summed E-state index contributed by atoms with van der Waals surface area (Å²) in [5, 5.41) is 0. The lowest BCUT2D eigenvalue weighted by atomic mass is 10.2. The Balaban J connectivity index is 2.13. The number of rotatable bonds is 3. The second-order valence-electron chi connectivity index (χ2n) is 4.37. The Kier molecular flexibility index (Phi) is 3.31. The van der Waals surface area contributed by atoms with Crippen LogP contribution in [0.3, 0.4) is 0 Å². The lowest BCUT2D eigenvalue weighted by Crippen LogP contribution is -2.13. The number of hydrogen-bond acceptors (Lipinski definition) is 3. The molecular formula is C15H11FN2O2S. The first-order chi connectivity index (χ1) is 10.1. The number of benzene rings is 2. The van der Waals surface area contributed by atoms with Crippen molar-refractivity contribution in [3.63, 3.8) is 0 Å². The van der Waals surface area contributed by atoms with Crippen molar-refractivity contribution in [1.82, 2.24) is 8.96 Å². The van der Waals surface area contributed by atoms with Gasteiger partial charge in [0, 0.05) is 18.0 Å². The number of hydrogen-bond donors (Lipinski definition) is 0. The van der Waals surface area contributed by atoms with E-state index in [1.807, 2.05) is 0 Å². The lowest BCUT2D eigenvalue weighted by molar-refractivity contribution is 0.588. The molecule has 1 heterocycles. The summed E-state index contributed by atoms with van der Waals surface area (Å²) in [7, 11) is -3.72. The highest BCUT2D eigenvalue weighted by Gasteiger charge is 2.20. The van der Waals surface area contributed by atoms with Gasteiger partial charge in [0.1, 0.15) is 5.82 Å². The van der Waals surface area contributed by atoms with Gasteiger partial charge in [-0.15, -0.1) is 0 Å². The summed E-state index contributed by atoms with van der Waals surface area (Å²) < 4.78 is 39.3. The quantitative estimate of drug-likeness (QED) is 0.747. The van der Waals surface area contributed by atoms with Gasteiger partial charge in [0.2, 0.25) is 0 Å². The molecule has 0 saturated heterocycles. The van der Waals surface area contributed by atoms with Crippen LogP contribution in [0.15, 0.2) is 71.9 Å². The van der Waals surface area contributed by atoms with Crippen LogP contribution in [0.4, 0.5) is 4.39 Å². The molecule has 0 atom stereocenters. The molecule has 106 valence electrons. The summed E-state index contributed by atoms with van der Waals surface area (Å²) in [5.41, 5.74) is 0.529. The molecule has 0 unspecified atom stereocenters. The minimum atomic E-state index is -3.72. The van der Waals surface area contributed by atoms with E-state index in [4.69, 9.17) is 0 Å². The van der Waals surface area contributed by atoms with Gasteiger partial charge in [-0.2, -0.15) is 0 Å². The van der Waals surface area contributed by atoms with Gasteiger partial charge in [-0.25, -0.2) is 21.8 Å². The van der Waals surface area contributed by atoms with Crippen molar-refractivity contribution in [2.24, 2.45) is 0 Å². The molecule has 3 rings (SSSR count). The van der Waals surface area contributed by atoms with Crippen LogP contribution in [0.5, 0.6) is 0 Å². The molecule has 1 aromatic heterocycles. The molecule has 0 fully saturated rings. The van der Waals surface area contributed by atoms with Gasteiger partial charge in [-0.05, 0) is 36.4 Å². The second-order valence-corrected chi connectivity index (χ2v) is 6.19. The molecule has 0 N–H and O–H groups in total. The van der Waals surface area contributed by atoms with Crippen LogP contribution in [-0.2, 0) is 10.0 Å². The average molecular weight is 302 g/mol. The van der Waals surface area contributed by atoms with Crippen LogP contribution in [0.2, 0.25) is 0 Å². The van der Waals surface area contributed by atoms with E-state index in [0.717, 1.165) is 3.97 Å². The van der Waals surface area contributed by atoms with Gasteiger partial charge in [0.25, 0.3) is 10.0 Å². The molecular weight excluding hydrogens is 291 g/mol. The summed E-state index contributed by atoms with van der Waals surface area (Å²) in [4.78, 5) is 4.24. The maximum Gasteiger partial charge on any atom is 0.269 e. The Morgan fingerprint density at radius 1 is 0.952 bits per heavy atom. The zero-order chi connectivity index (χ0) is 14.9. The summed E-state index contributed by atoms with van der Waals surface area (Å²) in [6.45, 7) is 0. The maximum atomic E-state index is 13.0. The molecule has 6 heteroatoms. The van der Waals surface area contributed by atoms with Crippen molar-refractivity contribution < 1.29 is 12.8 Å². The lowest BCUT2D eigenvalue weighted by Gasteiger charge is -2.09. The molecule has 21 heavy (non-hydrogen) atoms. The predicted octanol–water partition coefficient (Wildman–Crippen LogP) is 2.93. The zero-order valence-corrected chi connectivity index (χ0v) is 11.7. The Bertz CT molecular complexity index is 856. The number of nitrogens with zero attached hydrogens (tertiary/aromatic N) is 2. The summed E-state index contributed by atoms with van der Waals surface area (Å²) >= 11 is 0. The summed E-state index contributed by atoms with van der Waals surface area (Å²) in [6, 6.07) is 13.6. The Labute approximate surface area is 121 Å². The standard InChI is InChI=1S/C15H11FN2O2S/c16-13-8-6-12(7-9-13)15-17-10-11-18(15)21(19,20)14-4-2-1-3-5-14/h1-11H. The van der Waals surface area contributed by atoms with Gasteiger partial charge in [-0.3, -0.25) is 0 Å². The highest BCUT2D eigenvalue weighted by Crippen LogP contribution is 2.22. The minimum absolute atomic E-state index is 0.173. The van der Waals surface area contributed by atoms with Crippen LogP contribution >= 0.6 is 0 Å².